The maximum absolute atomic E-state index is 10.1. The maximum atomic E-state index is 10.1. The molecule has 26 heavy (non-hydrogen) atoms. The Hall–Kier alpha value is -3.17. The molecule has 124 valence electrons. The van der Waals surface area contributed by atoms with Crippen LogP contribution >= 0.6 is 0 Å². The van der Waals surface area contributed by atoms with Crippen molar-refractivity contribution in [2.45, 2.75) is 0 Å². The van der Waals surface area contributed by atoms with Gasteiger partial charge in [-0.2, -0.15) is 0 Å². The molecule has 0 fully saturated rings. The number of aromatic nitrogens is 1. The Morgan fingerprint density at radius 1 is 0.654 bits per heavy atom. The summed E-state index contributed by atoms with van der Waals surface area (Å²) in [6, 6.07) is 31.5. The molecule has 1 aliphatic rings. The molecule has 2 heterocycles. The molecule has 0 saturated carbocycles. The highest BCUT2D eigenvalue weighted by molar-refractivity contribution is 7.22. The minimum Gasteiger partial charge on any atom is -0.508 e. The van der Waals surface area contributed by atoms with Crippen molar-refractivity contribution in [2.24, 2.45) is 0 Å². The Labute approximate surface area is 153 Å². The second-order valence-electron chi connectivity index (χ2n) is 6.61. The molecule has 0 amide bonds. The quantitative estimate of drug-likeness (QED) is 0.495. The van der Waals surface area contributed by atoms with Gasteiger partial charge in [0.25, 0.3) is 0 Å². The molecule has 5 rings (SSSR count). The number of hydrogen-bond donors (Lipinski definition) is 1. The summed E-state index contributed by atoms with van der Waals surface area (Å²) in [6.07, 6.45) is 1.84. The Morgan fingerprint density at radius 3 is 1.96 bits per heavy atom. The molecule has 0 atom stereocenters. The summed E-state index contributed by atoms with van der Waals surface area (Å²) in [7, 11) is -2.42. The van der Waals surface area contributed by atoms with E-state index in [1.165, 1.54) is 20.7 Å². The van der Waals surface area contributed by atoms with Gasteiger partial charge >= 0.3 is 0 Å². The van der Waals surface area contributed by atoms with Gasteiger partial charge in [-0.25, -0.2) is 0 Å². The molecule has 1 aliphatic heterocycles. The molecule has 0 saturated heterocycles. The molecule has 0 unspecified atom stereocenters. The number of fused-ring (bicyclic) bond motifs is 3. The molecule has 2 nitrogen and oxygen atoms in total. The third-order valence-corrected chi connectivity index (χ3v) is 10.1. The smallest absolute Gasteiger partial charge is 0.182 e. The second kappa shape index (κ2) is 5.68. The molecule has 0 spiro atoms. The van der Waals surface area contributed by atoms with Crippen molar-refractivity contribution in [3.63, 3.8) is 0 Å². The van der Waals surface area contributed by atoms with Crippen LogP contribution in [0.25, 0.3) is 11.3 Å². The number of aromatic hydroxyl groups is 1. The van der Waals surface area contributed by atoms with E-state index in [0.29, 0.717) is 0 Å². The molecule has 3 heteroatoms. The first kappa shape index (κ1) is 15.1. The molecule has 3 aromatic carbocycles. The zero-order valence-electron chi connectivity index (χ0n) is 14.1. The van der Waals surface area contributed by atoms with E-state index >= 15 is 0 Å². The summed E-state index contributed by atoms with van der Waals surface area (Å²) in [5, 5.41) is 15.4. The van der Waals surface area contributed by atoms with Gasteiger partial charge in [-0.3, -0.25) is 4.98 Å². The van der Waals surface area contributed by atoms with Crippen LogP contribution in [0.5, 0.6) is 5.75 Å². The largest absolute Gasteiger partial charge is 0.508 e. The van der Waals surface area contributed by atoms with Crippen molar-refractivity contribution in [3.8, 4) is 17.0 Å². The fourth-order valence-corrected chi connectivity index (χ4v) is 9.37. The minimum absolute atomic E-state index is 0.284. The topological polar surface area (TPSA) is 33.1 Å². The van der Waals surface area contributed by atoms with Gasteiger partial charge in [0.15, 0.2) is 8.07 Å². The highest BCUT2D eigenvalue weighted by Crippen LogP contribution is 2.29. The van der Waals surface area contributed by atoms with Crippen LogP contribution in [0.15, 0.2) is 97.2 Å². The lowest BCUT2D eigenvalue weighted by molar-refractivity contribution is 0.475. The van der Waals surface area contributed by atoms with Gasteiger partial charge in [-0.1, -0.05) is 72.8 Å². The van der Waals surface area contributed by atoms with Crippen LogP contribution in [-0.2, 0) is 0 Å². The van der Waals surface area contributed by atoms with Crippen LogP contribution in [-0.4, -0.2) is 18.2 Å². The third-order valence-electron chi connectivity index (χ3n) is 5.29. The third kappa shape index (κ3) is 1.95. The number of hydrogen-bond acceptors (Lipinski definition) is 2. The van der Waals surface area contributed by atoms with E-state index in [1.54, 1.807) is 6.07 Å². The molecular formula is C23H17NOSi. The molecule has 0 aliphatic carbocycles. The number of pyridine rings is 1. The number of phenolic OH excluding ortho intramolecular Hbond substituents is 1. The van der Waals surface area contributed by atoms with E-state index in [-0.39, 0.29) is 5.75 Å². The summed E-state index contributed by atoms with van der Waals surface area (Å²) in [4.78, 5) is 4.71. The first-order valence-corrected chi connectivity index (χ1v) is 10.7. The number of rotatable bonds is 2. The molecule has 1 aromatic heterocycles. The summed E-state index contributed by atoms with van der Waals surface area (Å²) in [5.41, 5.74) is 2.05. The lowest BCUT2D eigenvalue weighted by Crippen LogP contribution is -2.72. The average molecular weight is 351 g/mol. The average Bonchev–Trinajstić information content (AvgIpc) is 3.00. The minimum atomic E-state index is -2.42. The van der Waals surface area contributed by atoms with Crippen molar-refractivity contribution >= 4 is 28.8 Å². The Balaban J connectivity index is 1.98. The van der Waals surface area contributed by atoms with Crippen molar-refractivity contribution in [3.05, 3.63) is 97.2 Å². The maximum Gasteiger partial charge on any atom is 0.182 e. The van der Waals surface area contributed by atoms with E-state index in [2.05, 4.69) is 72.8 Å². The first-order chi connectivity index (χ1) is 12.8. The lowest BCUT2D eigenvalue weighted by atomic mass is 10.1. The van der Waals surface area contributed by atoms with Gasteiger partial charge in [0, 0.05) is 11.8 Å². The molecule has 1 N–H and O–H groups in total. The van der Waals surface area contributed by atoms with E-state index < -0.39 is 8.07 Å². The fourth-order valence-electron chi connectivity index (χ4n) is 4.29. The molecule has 0 radical (unpaired) electrons. The van der Waals surface area contributed by atoms with E-state index in [0.717, 1.165) is 11.3 Å². The van der Waals surface area contributed by atoms with Crippen LogP contribution in [0, 0.1) is 0 Å². The van der Waals surface area contributed by atoms with Gasteiger partial charge in [-0.05, 0) is 38.9 Å². The Kier molecular flexibility index (Phi) is 3.30. The molecule has 4 aromatic rings. The van der Waals surface area contributed by atoms with E-state index in [9.17, 15) is 5.11 Å². The second-order valence-corrected chi connectivity index (χ2v) is 10.3. The van der Waals surface area contributed by atoms with Crippen LogP contribution in [0.2, 0.25) is 0 Å². The number of nitrogens with zero attached hydrogens (tertiary/aromatic N) is 1. The fraction of sp³-hybridized carbons (Fsp3) is 0. The highest BCUT2D eigenvalue weighted by Gasteiger charge is 2.49. The first-order valence-electron chi connectivity index (χ1n) is 8.72. The lowest BCUT2D eigenvalue weighted by Gasteiger charge is -2.30. The Bertz CT molecular complexity index is 1050. The van der Waals surface area contributed by atoms with Crippen LogP contribution < -0.4 is 20.7 Å². The van der Waals surface area contributed by atoms with E-state index in [4.69, 9.17) is 4.98 Å². The summed E-state index contributed by atoms with van der Waals surface area (Å²) >= 11 is 0. The summed E-state index contributed by atoms with van der Waals surface area (Å²) in [5.74, 6) is 0.284. The highest BCUT2D eigenvalue weighted by atomic mass is 28.3. The van der Waals surface area contributed by atoms with Gasteiger partial charge in [0.2, 0.25) is 0 Å². The Morgan fingerprint density at radius 2 is 1.31 bits per heavy atom. The van der Waals surface area contributed by atoms with Crippen LogP contribution in [0.4, 0.5) is 0 Å². The summed E-state index contributed by atoms with van der Waals surface area (Å²) < 4.78 is 0. The SMILES string of the molecule is Oc1ccc2c(c1)-c1ncccc1[Si]2(c1ccccc1)c1ccccc1. The standard InChI is InChI=1S/C23H17NOSi/c25-17-13-14-21-20(16-17)23-22(12-7-15-24-23)26(21,18-8-3-1-4-9-18)19-10-5-2-6-11-19/h1-16,25H. The zero-order chi connectivity index (χ0) is 17.6. The van der Waals surface area contributed by atoms with Crippen LogP contribution in [0.3, 0.4) is 0 Å². The van der Waals surface area contributed by atoms with E-state index in [1.807, 2.05) is 18.3 Å². The van der Waals surface area contributed by atoms with Crippen molar-refractivity contribution in [2.75, 3.05) is 0 Å². The monoisotopic (exact) mass is 351 g/mol. The normalized spacial score (nSPS) is 13.8. The van der Waals surface area contributed by atoms with Gasteiger partial charge < -0.3 is 5.11 Å². The summed E-state index contributed by atoms with van der Waals surface area (Å²) in [6.45, 7) is 0. The zero-order valence-corrected chi connectivity index (χ0v) is 15.1. The van der Waals surface area contributed by atoms with Crippen molar-refractivity contribution < 1.29 is 5.11 Å². The molecule has 0 bridgehead atoms. The van der Waals surface area contributed by atoms with Gasteiger partial charge in [0.05, 0.1) is 5.69 Å². The predicted octanol–water partition coefficient (Wildman–Crippen LogP) is 2.14. The van der Waals surface area contributed by atoms with Crippen molar-refractivity contribution in [1.29, 1.82) is 0 Å². The predicted molar refractivity (Wildman–Crippen MR) is 109 cm³/mol. The molecular weight excluding hydrogens is 334 g/mol. The van der Waals surface area contributed by atoms with Gasteiger partial charge in [0.1, 0.15) is 5.75 Å². The van der Waals surface area contributed by atoms with Gasteiger partial charge in [-0.15, -0.1) is 0 Å². The number of phenols is 1. The number of benzene rings is 3. The van der Waals surface area contributed by atoms with Crippen molar-refractivity contribution in [1.82, 2.24) is 4.98 Å². The van der Waals surface area contributed by atoms with Crippen LogP contribution in [0.1, 0.15) is 0 Å².